The molecule has 0 aliphatic rings. The highest BCUT2D eigenvalue weighted by Gasteiger charge is 2.07. The van der Waals surface area contributed by atoms with Crippen molar-refractivity contribution < 1.29 is 9.53 Å². The number of amides is 2. The Bertz CT molecular complexity index is 612. The molecular weight excluding hydrogens is 367 g/mol. The van der Waals surface area contributed by atoms with Gasteiger partial charge in [-0.15, -0.1) is 0 Å². The molecule has 2 aromatic rings. The largest absolute Gasteiger partial charge is 0.495 e. The molecule has 0 heterocycles. The van der Waals surface area contributed by atoms with E-state index in [9.17, 15) is 4.79 Å². The lowest BCUT2D eigenvalue weighted by atomic mass is 10.2. The molecule has 0 bridgehead atoms. The van der Waals surface area contributed by atoms with Gasteiger partial charge in [0.2, 0.25) is 0 Å². The Morgan fingerprint density at radius 1 is 1.10 bits per heavy atom. The van der Waals surface area contributed by atoms with E-state index in [1.165, 1.54) is 0 Å². The molecule has 0 saturated heterocycles. The molecule has 2 rings (SSSR count). The predicted octanol–water partition coefficient (Wildman–Crippen LogP) is 4.25. The van der Waals surface area contributed by atoms with Crippen molar-refractivity contribution in [3.63, 3.8) is 0 Å². The van der Waals surface area contributed by atoms with Crippen LogP contribution in [0.3, 0.4) is 0 Å². The second kappa shape index (κ2) is 6.60. The Morgan fingerprint density at radius 2 is 1.80 bits per heavy atom. The average Bonchev–Trinajstić information content (AvgIpc) is 2.41. The van der Waals surface area contributed by atoms with Gasteiger partial charge in [0.05, 0.1) is 12.8 Å². The zero-order valence-electron chi connectivity index (χ0n) is 11.2. The van der Waals surface area contributed by atoms with Gasteiger partial charge in [0, 0.05) is 9.26 Å². The van der Waals surface area contributed by atoms with E-state index in [1.54, 1.807) is 7.11 Å². The molecule has 0 fully saturated rings. The maximum atomic E-state index is 12.0. The number of rotatable bonds is 3. The van der Waals surface area contributed by atoms with Gasteiger partial charge in [0.25, 0.3) is 0 Å². The highest BCUT2D eigenvalue weighted by Crippen LogP contribution is 2.25. The van der Waals surface area contributed by atoms with Crippen molar-refractivity contribution in [1.29, 1.82) is 0 Å². The summed E-state index contributed by atoms with van der Waals surface area (Å²) in [5.41, 5.74) is 2.44. The van der Waals surface area contributed by atoms with Crippen LogP contribution >= 0.6 is 22.6 Å². The number of hydrogen-bond acceptors (Lipinski definition) is 2. The molecule has 0 atom stereocenters. The Hall–Kier alpha value is -1.76. The first-order valence-electron chi connectivity index (χ1n) is 6.06. The fraction of sp³-hybridized carbons (Fsp3) is 0.133. The first-order valence-corrected chi connectivity index (χ1v) is 7.14. The summed E-state index contributed by atoms with van der Waals surface area (Å²) in [5.74, 6) is 0.633. The number of urea groups is 1. The highest BCUT2D eigenvalue weighted by atomic mass is 127. The number of ether oxygens (including phenoxy) is 1. The smallest absolute Gasteiger partial charge is 0.323 e. The monoisotopic (exact) mass is 382 g/mol. The fourth-order valence-electron chi connectivity index (χ4n) is 1.74. The molecule has 2 aromatic carbocycles. The topological polar surface area (TPSA) is 50.4 Å². The van der Waals surface area contributed by atoms with Crippen LogP contribution < -0.4 is 15.4 Å². The minimum absolute atomic E-state index is 0.296. The van der Waals surface area contributed by atoms with Crippen molar-refractivity contribution in [3.05, 3.63) is 51.6 Å². The number of halogens is 1. The molecule has 4 nitrogen and oxygen atoms in total. The zero-order valence-corrected chi connectivity index (χ0v) is 13.4. The number of methoxy groups -OCH3 is 1. The molecule has 104 valence electrons. The molecule has 0 saturated carbocycles. The summed E-state index contributed by atoms with van der Waals surface area (Å²) in [6.45, 7) is 1.96. The number of benzene rings is 2. The molecule has 5 heteroatoms. The molecule has 0 aromatic heterocycles. The van der Waals surface area contributed by atoms with Gasteiger partial charge in [-0.25, -0.2) is 4.79 Å². The minimum atomic E-state index is -0.296. The van der Waals surface area contributed by atoms with Crippen molar-refractivity contribution in [2.75, 3.05) is 17.7 Å². The first-order chi connectivity index (χ1) is 9.58. The van der Waals surface area contributed by atoms with Crippen LogP contribution in [0.4, 0.5) is 16.2 Å². The van der Waals surface area contributed by atoms with Gasteiger partial charge < -0.3 is 15.4 Å². The lowest BCUT2D eigenvalue weighted by Gasteiger charge is -2.12. The summed E-state index contributed by atoms with van der Waals surface area (Å²) in [6, 6.07) is 12.9. The fourth-order valence-corrected chi connectivity index (χ4v) is 2.10. The van der Waals surface area contributed by atoms with Crippen LogP contribution in [0.5, 0.6) is 5.75 Å². The van der Waals surface area contributed by atoms with E-state index in [0.29, 0.717) is 11.4 Å². The molecule has 0 radical (unpaired) electrons. The SMILES string of the molecule is COc1ccc(C)cc1NC(=O)Nc1ccc(I)cc1. The van der Waals surface area contributed by atoms with Gasteiger partial charge in [-0.05, 0) is 71.5 Å². The minimum Gasteiger partial charge on any atom is -0.495 e. The number of carbonyl (C=O) groups is 1. The third-order valence-corrected chi connectivity index (χ3v) is 3.42. The standard InChI is InChI=1S/C15H15IN2O2/c1-10-3-8-14(20-2)13(9-10)18-15(19)17-12-6-4-11(16)5-7-12/h3-9H,1-2H3,(H2,17,18,19). The van der Waals surface area contributed by atoms with Gasteiger partial charge in [-0.1, -0.05) is 6.07 Å². The van der Waals surface area contributed by atoms with Gasteiger partial charge >= 0.3 is 6.03 Å². The summed E-state index contributed by atoms with van der Waals surface area (Å²) in [5, 5.41) is 5.57. The van der Waals surface area contributed by atoms with E-state index in [0.717, 1.165) is 14.8 Å². The summed E-state index contributed by atoms with van der Waals surface area (Å²) >= 11 is 2.22. The number of carbonyl (C=O) groups excluding carboxylic acids is 1. The second-order valence-corrected chi connectivity index (χ2v) is 5.54. The predicted molar refractivity (Wildman–Crippen MR) is 89.5 cm³/mol. The Balaban J connectivity index is 2.08. The zero-order chi connectivity index (χ0) is 14.5. The van der Waals surface area contributed by atoms with Gasteiger partial charge in [0.15, 0.2) is 0 Å². The van der Waals surface area contributed by atoms with E-state index >= 15 is 0 Å². The van der Waals surface area contributed by atoms with Gasteiger partial charge in [-0.2, -0.15) is 0 Å². The number of nitrogens with one attached hydrogen (secondary N) is 2. The highest BCUT2D eigenvalue weighted by molar-refractivity contribution is 14.1. The summed E-state index contributed by atoms with van der Waals surface area (Å²) in [6.07, 6.45) is 0. The molecular formula is C15H15IN2O2. The maximum Gasteiger partial charge on any atom is 0.323 e. The van der Waals surface area contributed by atoms with Crippen LogP contribution in [0.25, 0.3) is 0 Å². The molecule has 20 heavy (non-hydrogen) atoms. The van der Waals surface area contributed by atoms with E-state index in [1.807, 2.05) is 49.4 Å². The van der Waals surface area contributed by atoms with Crippen LogP contribution in [0.2, 0.25) is 0 Å². The van der Waals surface area contributed by atoms with Crippen molar-refractivity contribution >= 4 is 40.0 Å². The average molecular weight is 382 g/mol. The van der Waals surface area contributed by atoms with Crippen molar-refractivity contribution in [1.82, 2.24) is 0 Å². The van der Waals surface area contributed by atoms with Crippen molar-refractivity contribution in [2.45, 2.75) is 6.92 Å². The van der Waals surface area contributed by atoms with Crippen LogP contribution in [0.1, 0.15) is 5.56 Å². The van der Waals surface area contributed by atoms with Gasteiger partial charge in [0.1, 0.15) is 5.75 Å². The normalized spacial score (nSPS) is 9.95. The maximum absolute atomic E-state index is 12.0. The quantitative estimate of drug-likeness (QED) is 0.780. The summed E-state index contributed by atoms with van der Waals surface area (Å²) in [7, 11) is 1.58. The van der Waals surface area contributed by atoms with E-state index in [-0.39, 0.29) is 6.03 Å². The van der Waals surface area contributed by atoms with Crippen molar-refractivity contribution in [2.24, 2.45) is 0 Å². The Morgan fingerprint density at radius 3 is 2.45 bits per heavy atom. The number of anilines is 2. The number of hydrogen-bond donors (Lipinski definition) is 2. The molecule has 0 unspecified atom stereocenters. The molecule has 2 N–H and O–H groups in total. The van der Waals surface area contributed by atoms with Crippen LogP contribution in [0.15, 0.2) is 42.5 Å². The lowest BCUT2D eigenvalue weighted by Crippen LogP contribution is -2.19. The van der Waals surface area contributed by atoms with Crippen LogP contribution in [-0.2, 0) is 0 Å². The summed E-state index contributed by atoms with van der Waals surface area (Å²) in [4.78, 5) is 12.0. The molecule has 2 amide bonds. The third-order valence-electron chi connectivity index (χ3n) is 2.71. The molecule has 0 spiro atoms. The van der Waals surface area contributed by atoms with Crippen LogP contribution in [0, 0.1) is 10.5 Å². The molecule has 0 aliphatic heterocycles. The lowest BCUT2D eigenvalue weighted by molar-refractivity contribution is 0.262. The van der Waals surface area contributed by atoms with Crippen molar-refractivity contribution in [3.8, 4) is 5.75 Å². The molecule has 0 aliphatic carbocycles. The van der Waals surface area contributed by atoms with E-state index in [2.05, 4.69) is 33.2 Å². The van der Waals surface area contributed by atoms with Crippen LogP contribution in [-0.4, -0.2) is 13.1 Å². The van der Waals surface area contributed by atoms with Gasteiger partial charge in [-0.3, -0.25) is 0 Å². The van der Waals surface area contributed by atoms with E-state index < -0.39 is 0 Å². The number of aryl methyl sites for hydroxylation is 1. The van der Waals surface area contributed by atoms with E-state index in [4.69, 9.17) is 4.74 Å². The Labute approximate surface area is 131 Å². The first kappa shape index (κ1) is 14.6. The summed E-state index contributed by atoms with van der Waals surface area (Å²) < 4.78 is 6.34. The third kappa shape index (κ3) is 3.86. The second-order valence-electron chi connectivity index (χ2n) is 4.29. The Kier molecular flexibility index (Phi) is 4.84.